The zero-order valence-electron chi connectivity index (χ0n) is 15.9. The van der Waals surface area contributed by atoms with Crippen molar-refractivity contribution in [3.8, 4) is 0 Å². The predicted molar refractivity (Wildman–Crippen MR) is 114 cm³/mol. The minimum absolute atomic E-state index is 0. The average Bonchev–Trinajstić information content (AvgIpc) is 3.18. The van der Waals surface area contributed by atoms with Gasteiger partial charge in [-0.3, -0.25) is 19.8 Å². The number of likely N-dealkylation sites (N-methyl/N-ethyl adjacent to an activating group) is 1. The van der Waals surface area contributed by atoms with Crippen LogP contribution in [0, 0.1) is 10.1 Å². The van der Waals surface area contributed by atoms with E-state index in [9.17, 15) is 14.9 Å². The monoisotopic (exact) mass is 449 g/mol. The molecule has 2 fully saturated rings. The molecular formula is C19H26Cl3N3O3. The Bertz CT molecular complexity index is 726. The van der Waals surface area contributed by atoms with Gasteiger partial charge in [-0.2, -0.15) is 0 Å². The number of halogens is 3. The van der Waals surface area contributed by atoms with Gasteiger partial charge in [0.1, 0.15) is 0 Å². The molecule has 28 heavy (non-hydrogen) atoms. The Hall–Kier alpha value is -1.08. The van der Waals surface area contributed by atoms with Crippen LogP contribution < -0.4 is 0 Å². The number of nitrogens with zero attached hydrogens (tertiary/aromatic N) is 3. The summed E-state index contributed by atoms with van der Waals surface area (Å²) >= 11 is 11.9. The number of rotatable bonds is 5. The number of benzene rings is 1. The lowest BCUT2D eigenvalue weighted by molar-refractivity contribution is -0.385. The molecule has 2 aliphatic rings. The molecule has 2 atom stereocenters. The molecule has 0 aromatic heterocycles. The average molecular weight is 451 g/mol. The topological polar surface area (TPSA) is 66.7 Å². The first-order chi connectivity index (χ1) is 12.9. The number of nitro benzene ring substituents is 1. The molecule has 0 radical (unpaired) electrons. The maximum atomic E-state index is 13.0. The number of amides is 1. The predicted octanol–water partition coefficient (Wildman–Crippen LogP) is 4.73. The molecule has 1 amide bonds. The molecule has 2 unspecified atom stereocenters. The molecule has 156 valence electrons. The SMILES string of the molecule is CN(C(=O)Cc1cc(Cl)c(Cl)cc1[N+](=O)[O-])C1CCCCC1N1CCCC1.Cl. The van der Waals surface area contributed by atoms with Crippen LogP contribution in [0.15, 0.2) is 12.1 Å². The van der Waals surface area contributed by atoms with Crippen molar-refractivity contribution in [2.24, 2.45) is 0 Å². The number of hydrogen-bond acceptors (Lipinski definition) is 4. The third-order valence-electron chi connectivity index (χ3n) is 5.85. The zero-order valence-corrected chi connectivity index (χ0v) is 18.2. The fraction of sp³-hybridized carbons (Fsp3) is 0.632. The fourth-order valence-corrected chi connectivity index (χ4v) is 4.75. The molecule has 1 aliphatic heterocycles. The quantitative estimate of drug-likeness (QED) is 0.480. The number of likely N-dealkylation sites (tertiary alicyclic amines) is 1. The van der Waals surface area contributed by atoms with Crippen LogP contribution in [-0.2, 0) is 11.2 Å². The standard InChI is InChI=1S/C19H25Cl2N3O3.ClH/c1-22(16-6-2-3-7-17(16)23-8-4-5-9-23)19(25)11-13-10-14(20)15(21)12-18(13)24(26)27;/h10,12,16-17H,2-9,11H2,1H3;1H. The van der Waals surface area contributed by atoms with Crippen LogP contribution in [0.4, 0.5) is 5.69 Å². The zero-order chi connectivity index (χ0) is 19.6. The van der Waals surface area contributed by atoms with E-state index in [1.807, 2.05) is 7.05 Å². The summed E-state index contributed by atoms with van der Waals surface area (Å²) in [5.41, 5.74) is 0.144. The van der Waals surface area contributed by atoms with E-state index in [1.165, 1.54) is 31.4 Å². The van der Waals surface area contributed by atoms with Crippen LogP contribution in [0.1, 0.15) is 44.1 Å². The molecule has 1 aromatic carbocycles. The normalized spacial score (nSPS) is 22.5. The van der Waals surface area contributed by atoms with Gasteiger partial charge in [0, 0.05) is 30.8 Å². The highest BCUT2D eigenvalue weighted by atomic mass is 35.5. The number of carbonyl (C=O) groups is 1. The number of carbonyl (C=O) groups excluding carboxylic acids is 1. The van der Waals surface area contributed by atoms with E-state index >= 15 is 0 Å². The van der Waals surface area contributed by atoms with Crippen LogP contribution in [-0.4, -0.2) is 52.9 Å². The smallest absolute Gasteiger partial charge is 0.274 e. The van der Waals surface area contributed by atoms with Crippen molar-refractivity contribution >= 4 is 47.2 Å². The van der Waals surface area contributed by atoms with Gasteiger partial charge in [0.15, 0.2) is 0 Å². The van der Waals surface area contributed by atoms with Crippen LogP contribution in [0.3, 0.4) is 0 Å². The van der Waals surface area contributed by atoms with Crippen molar-refractivity contribution in [1.82, 2.24) is 9.80 Å². The Balaban J connectivity index is 0.00000280. The first-order valence-corrected chi connectivity index (χ1v) is 10.3. The first-order valence-electron chi connectivity index (χ1n) is 9.50. The molecular weight excluding hydrogens is 425 g/mol. The lowest BCUT2D eigenvalue weighted by Gasteiger charge is -2.42. The summed E-state index contributed by atoms with van der Waals surface area (Å²) in [6.07, 6.45) is 6.78. The highest BCUT2D eigenvalue weighted by Gasteiger charge is 2.35. The summed E-state index contributed by atoms with van der Waals surface area (Å²) in [5, 5.41) is 11.7. The van der Waals surface area contributed by atoms with Gasteiger partial charge in [-0.1, -0.05) is 36.0 Å². The van der Waals surface area contributed by atoms with Crippen molar-refractivity contribution in [1.29, 1.82) is 0 Å². The van der Waals surface area contributed by atoms with Gasteiger partial charge >= 0.3 is 0 Å². The highest BCUT2D eigenvalue weighted by Crippen LogP contribution is 2.32. The third-order valence-corrected chi connectivity index (χ3v) is 6.58. The van der Waals surface area contributed by atoms with Crippen molar-refractivity contribution in [2.45, 2.75) is 57.0 Å². The van der Waals surface area contributed by atoms with E-state index in [2.05, 4.69) is 4.90 Å². The fourth-order valence-electron chi connectivity index (χ4n) is 4.40. The molecule has 1 saturated carbocycles. The van der Waals surface area contributed by atoms with Crippen molar-refractivity contribution < 1.29 is 9.72 Å². The molecule has 9 heteroatoms. The second-order valence-corrected chi connectivity index (χ2v) is 8.31. The molecule has 1 aliphatic carbocycles. The minimum Gasteiger partial charge on any atom is -0.341 e. The van der Waals surface area contributed by atoms with Gasteiger partial charge in [-0.05, 0) is 44.8 Å². The molecule has 0 spiro atoms. The van der Waals surface area contributed by atoms with E-state index in [-0.39, 0.29) is 46.5 Å². The van der Waals surface area contributed by atoms with Crippen LogP contribution in [0.25, 0.3) is 0 Å². The van der Waals surface area contributed by atoms with Crippen LogP contribution in [0.5, 0.6) is 0 Å². The van der Waals surface area contributed by atoms with Crippen LogP contribution >= 0.6 is 35.6 Å². The molecule has 6 nitrogen and oxygen atoms in total. The Morgan fingerprint density at radius 3 is 2.43 bits per heavy atom. The highest BCUT2D eigenvalue weighted by molar-refractivity contribution is 6.42. The summed E-state index contributed by atoms with van der Waals surface area (Å²) in [6, 6.07) is 3.21. The molecule has 3 rings (SSSR count). The third kappa shape index (κ3) is 5.09. The lowest BCUT2D eigenvalue weighted by Crippen LogP contribution is -2.53. The Morgan fingerprint density at radius 2 is 1.79 bits per heavy atom. The van der Waals surface area contributed by atoms with Gasteiger partial charge in [-0.15, -0.1) is 12.4 Å². The van der Waals surface area contributed by atoms with Gasteiger partial charge in [0.05, 0.1) is 21.4 Å². The second-order valence-electron chi connectivity index (χ2n) is 7.50. The second kappa shape index (κ2) is 10.1. The number of nitro groups is 1. The van der Waals surface area contributed by atoms with Crippen molar-refractivity contribution in [2.75, 3.05) is 20.1 Å². The van der Waals surface area contributed by atoms with Gasteiger partial charge < -0.3 is 4.90 Å². The van der Waals surface area contributed by atoms with Gasteiger partial charge in [-0.25, -0.2) is 0 Å². The molecule has 0 bridgehead atoms. The van der Waals surface area contributed by atoms with Crippen molar-refractivity contribution in [3.05, 3.63) is 37.9 Å². The van der Waals surface area contributed by atoms with E-state index in [1.54, 1.807) is 4.90 Å². The summed E-state index contributed by atoms with van der Waals surface area (Å²) in [4.78, 5) is 28.1. The Morgan fingerprint density at radius 1 is 1.18 bits per heavy atom. The molecule has 1 saturated heterocycles. The summed E-state index contributed by atoms with van der Waals surface area (Å²) in [7, 11) is 1.82. The number of hydrogen-bond donors (Lipinski definition) is 0. The van der Waals surface area contributed by atoms with E-state index in [4.69, 9.17) is 23.2 Å². The molecule has 1 aromatic rings. The van der Waals surface area contributed by atoms with E-state index in [0.29, 0.717) is 11.6 Å². The van der Waals surface area contributed by atoms with E-state index < -0.39 is 4.92 Å². The lowest BCUT2D eigenvalue weighted by atomic mass is 9.88. The van der Waals surface area contributed by atoms with Gasteiger partial charge in [0.2, 0.25) is 5.91 Å². The summed E-state index contributed by atoms with van der Waals surface area (Å²) in [6.45, 7) is 2.20. The minimum atomic E-state index is -0.515. The van der Waals surface area contributed by atoms with Crippen molar-refractivity contribution in [3.63, 3.8) is 0 Å². The Kier molecular flexibility index (Phi) is 8.37. The Labute approximate surface area is 181 Å². The van der Waals surface area contributed by atoms with Crippen LogP contribution in [0.2, 0.25) is 10.0 Å². The first kappa shape index (κ1) is 23.2. The van der Waals surface area contributed by atoms with Gasteiger partial charge in [0.25, 0.3) is 5.69 Å². The summed E-state index contributed by atoms with van der Waals surface area (Å²) < 4.78 is 0. The summed E-state index contributed by atoms with van der Waals surface area (Å²) in [5.74, 6) is -0.118. The largest absolute Gasteiger partial charge is 0.341 e. The molecule has 0 N–H and O–H groups in total. The maximum Gasteiger partial charge on any atom is 0.274 e. The maximum absolute atomic E-state index is 13.0. The molecule has 1 heterocycles. The van der Waals surface area contributed by atoms with E-state index in [0.717, 1.165) is 32.4 Å².